The second-order valence-corrected chi connectivity index (χ2v) is 6.15. The maximum absolute atomic E-state index is 12.8. The number of benzene rings is 1. The molecular formula is C18H26N2O4. The van der Waals surface area contributed by atoms with E-state index in [4.69, 9.17) is 4.74 Å². The Kier molecular flexibility index (Phi) is 6.20. The predicted octanol–water partition coefficient (Wildman–Crippen LogP) is 2.20. The van der Waals surface area contributed by atoms with Gasteiger partial charge in [-0.05, 0) is 50.6 Å². The van der Waals surface area contributed by atoms with Gasteiger partial charge >= 0.3 is 5.97 Å². The van der Waals surface area contributed by atoms with Gasteiger partial charge < -0.3 is 19.6 Å². The number of carboxylic acid groups (broad SMARTS) is 1. The molecule has 2 rings (SSSR count). The third-order valence-corrected chi connectivity index (χ3v) is 4.60. The molecule has 0 unspecified atom stereocenters. The third kappa shape index (κ3) is 4.26. The first-order valence-electron chi connectivity index (χ1n) is 8.42. The van der Waals surface area contributed by atoms with Crippen LogP contribution in [0.4, 0.5) is 0 Å². The number of carboxylic acids is 1. The van der Waals surface area contributed by atoms with E-state index >= 15 is 0 Å². The second kappa shape index (κ2) is 8.15. The summed E-state index contributed by atoms with van der Waals surface area (Å²) in [5.74, 6) is -0.361. The Bertz CT molecular complexity index is 603. The van der Waals surface area contributed by atoms with E-state index < -0.39 is 5.97 Å². The van der Waals surface area contributed by atoms with Crippen LogP contribution in [0.15, 0.2) is 18.2 Å². The van der Waals surface area contributed by atoms with Crippen molar-refractivity contribution in [3.63, 3.8) is 0 Å². The summed E-state index contributed by atoms with van der Waals surface area (Å²) in [5.41, 5.74) is 0.422. The fourth-order valence-corrected chi connectivity index (χ4v) is 3.16. The van der Waals surface area contributed by atoms with Crippen molar-refractivity contribution in [2.75, 3.05) is 39.8 Å². The van der Waals surface area contributed by atoms with Gasteiger partial charge in [0.15, 0.2) is 0 Å². The first kappa shape index (κ1) is 18.3. The van der Waals surface area contributed by atoms with Crippen LogP contribution in [0.1, 0.15) is 41.0 Å². The zero-order chi connectivity index (χ0) is 17.7. The van der Waals surface area contributed by atoms with E-state index in [9.17, 15) is 14.7 Å². The van der Waals surface area contributed by atoms with Gasteiger partial charge in [0.25, 0.3) is 5.91 Å². The highest BCUT2D eigenvalue weighted by molar-refractivity contribution is 5.98. The summed E-state index contributed by atoms with van der Waals surface area (Å²) < 4.78 is 5.13. The zero-order valence-electron chi connectivity index (χ0n) is 14.6. The van der Waals surface area contributed by atoms with Crippen LogP contribution in [-0.2, 0) is 0 Å². The number of amides is 1. The van der Waals surface area contributed by atoms with Crippen LogP contribution in [0, 0.1) is 5.92 Å². The molecule has 24 heavy (non-hydrogen) atoms. The second-order valence-electron chi connectivity index (χ2n) is 6.15. The highest BCUT2D eigenvalue weighted by atomic mass is 16.5. The predicted molar refractivity (Wildman–Crippen MR) is 91.8 cm³/mol. The lowest BCUT2D eigenvalue weighted by Gasteiger charge is -2.25. The number of hydrogen-bond donors (Lipinski definition) is 1. The summed E-state index contributed by atoms with van der Waals surface area (Å²) in [5, 5.41) is 9.21. The summed E-state index contributed by atoms with van der Waals surface area (Å²) in [6, 6.07) is 4.44. The Labute approximate surface area is 143 Å². The highest BCUT2D eigenvalue weighted by Crippen LogP contribution is 2.21. The molecule has 1 heterocycles. The normalized spacial score (nSPS) is 17.7. The molecule has 1 N–H and O–H groups in total. The van der Waals surface area contributed by atoms with E-state index in [2.05, 4.69) is 11.8 Å². The number of hydrogen-bond acceptors (Lipinski definition) is 4. The topological polar surface area (TPSA) is 70.1 Å². The van der Waals surface area contributed by atoms with Crippen molar-refractivity contribution in [3.8, 4) is 5.75 Å². The minimum Gasteiger partial charge on any atom is -0.497 e. The van der Waals surface area contributed by atoms with E-state index in [0.717, 1.165) is 26.1 Å². The molecule has 1 aromatic rings. The average molecular weight is 334 g/mol. The molecule has 0 spiro atoms. The lowest BCUT2D eigenvalue weighted by atomic mass is 10.1. The van der Waals surface area contributed by atoms with Gasteiger partial charge in [-0.15, -0.1) is 0 Å². The monoisotopic (exact) mass is 334 g/mol. The number of nitrogens with zero attached hydrogens (tertiary/aromatic N) is 2. The van der Waals surface area contributed by atoms with Crippen LogP contribution in [-0.4, -0.2) is 66.6 Å². The van der Waals surface area contributed by atoms with E-state index in [1.807, 2.05) is 6.92 Å². The first-order chi connectivity index (χ1) is 11.5. The molecule has 1 aliphatic rings. The quantitative estimate of drug-likeness (QED) is 0.828. The van der Waals surface area contributed by atoms with Gasteiger partial charge in [-0.25, -0.2) is 4.79 Å². The van der Waals surface area contributed by atoms with Gasteiger partial charge in [0, 0.05) is 25.2 Å². The van der Waals surface area contributed by atoms with Crippen LogP contribution in [0.5, 0.6) is 5.75 Å². The van der Waals surface area contributed by atoms with E-state index in [0.29, 0.717) is 30.3 Å². The standard InChI is InChI=1S/C18H26N2O4/c1-4-19-7-6-13(11-19)12-20(5-2)17(21)14-8-15(18(22)23)10-16(9-14)24-3/h8-10,13H,4-7,11-12H2,1-3H3,(H,22,23)/t13-/m0/s1. The largest absolute Gasteiger partial charge is 0.497 e. The van der Waals surface area contributed by atoms with E-state index in [-0.39, 0.29) is 11.5 Å². The van der Waals surface area contributed by atoms with Gasteiger partial charge in [-0.2, -0.15) is 0 Å². The fourth-order valence-electron chi connectivity index (χ4n) is 3.16. The number of carbonyl (C=O) groups excluding carboxylic acids is 1. The van der Waals surface area contributed by atoms with Crippen molar-refractivity contribution < 1.29 is 19.4 Å². The maximum atomic E-state index is 12.8. The lowest BCUT2D eigenvalue weighted by molar-refractivity contribution is 0.0696. The lowest BCUT2D eigenvalue weighted by Crippen LogP contribution is -2.36. The van der Waals surface area contributed by atoms with Crippen molar-refractivity contribution in [1.29, 1.82) is 0 Å². The van der Waals surface area contributed by atoms with Crippen LogP contribution in [0.2, 0.25) is 0 Å². The number of likely N-dealkylation sites (tertiary alicyclic amines) is 1. The van der Waals surface area contributed by atoms with Crippen LogP contribution >= 0.6 is 0 Å². The molecule has 1 fully saturated rings. The third-order valence-electron chi connectivity index (χ3n) is 4.60. The first-order valence-corrected chi connectivity index (χ1v) is 8.42. The SMILES string of the molecule is CCN1CC[C@H](CN(CC)C(=O)c2cc(OC)cc(C(=O)O)c2)C1. The van der Waals surface area contributed by atoms with Crippen molar-refractivity contribution in [3.05, 3.63) is 29.3 Å². The molecule has 1 atom stereocenters. The van der Waals surface area contributed by atoms with Crippen molar-refractivity contribution >= 4 is 11.9 Å². The van der Waals surface area contributed by atoms with Crippen molar-refractivity contribution in [2.45, 2.75) is 20.3 Å². The minimum atomic E-state index is -1.07. The molecule has 1 saturated heterocycles. The Morgan fingerprint density at radius 2 is 2.00 bits per heavy atom. The van der Waals surface area contributed by atoms with Gasteiger partial charge in [0.05, 0.1) is 12.7 Å². The van der Waals surface area contributed by atoms with Gasteiger partial charge in [0.2, 0.25) is 0 Å². The molecule has 6 nitrogen and oxygen atoms in total. The zero-order valence-corrected chi connectivity index (χ0v) is 14.6. The summed E-state index contributed by atoms with van der Waals surface area (Å²) in [6.07, 6.45) is 1.09. The molecule has 0 aliphatic carbocycles. The molecule has 1 amide bonds. The maximum Gasteiger partial charge on any atom is 0.335 e. The molecule has 1 aromatic carbocycles. The Hall–Kier alpha value is -2.08. The number of methoxy groups -OCH3 is 1. The molecule has 0 saturated carbocycles. The summed E-state index contributed by atoms with van der Waals surface area (Å²) in [6.45, 7) is 8.52. The Morgan fingerprint density at radius 1 is 1.29 bits per heavy atom. The molecule has 0 aromatic heterocycles. The molecular weight excluding hydrogens is 308 g/mol. The van der Waals surface area contributed by atoms with Crippen molar-refractivity contribution in [1.82, 2.24) is 9.80 Å². The van der Waals surface area contributed by atoms with E-state index in [1.165, 1.54) is 19.2 Å². The van der Waals surface area contributed by atoms with Crippen molar-refractivity contribution in [2.24, 2.45) is 5.92 Å². The Morgan fingerprint density at radius 3 is 2.54 bits per heavy atom. The molecule has 0 radical (unpaired) electrons. The summed E-state index contributed by atoms with van der Waals surface area (Å²) in [7, 11) is 1.46. The number of ether oxygens (including phenoxy) is 1. The van der Waals surface area contributed by atoms with Gasteiger partial charge in [-0.3, -0.25) is 4.79 Å². The van der Waals surface area contributed by atoms with Crippen LogP contribution in [0.25, 0.3) is 0 Å². The van der Waals surface area contributed by atoms with Gasteiger partial charge in [-0.1, -0.05) is 6.92 Å². The highest BCUT2D eigenvalue weighted by Gasteiger charge is 2.26. The Balaban J connectivity index is 2.16. The van der Waals surface area contributed by atoms with Crippen LogP contribution < -0.4 is 4.74 Å². The van der Waals surface area contributed by atoms with Gasteiger partial charge in [0.1, 0.15) is 5.75 Å². The average Bonchev–Trinajstić information content (AvgIpc) is 3.06. The molecule has 0 bridgehead atoms. The number of carbonyl (C=O) groups is 2. The fraction of sp³-hybridized carbons (Fsp3) is 0.556. The number of aromatic carboxylic acids is 1. The summed E-state index contributed by atoms with van der Waals surface area (Å²) >= 11 is 0. The van der Waals surface area contributed by atoms with E-state index in [1.54, 1.807) is 11.0 Å². The molecule has 1 aliphatic heterocycles. The summed E-state index contributed by atoms with van der Waals surface area (Å²) in [4.78, 5) is 28.2. The minimum absolute atomic E-state index is 0.0618. The smallest absolute Gasteiger partial charge is 0.335 e. The molecule has 6 heteroatoms. The molecule has 132 valence electrons. The van der Waals surface area contributed by atoms with Crippen LogP contribution in [0.3, 0.4) is 0 Å². The number of rotatable bonds is 7.